The van der Waals surface area contributed by atoms with Gasteiger partial charge in [-0.3, -0.25) is 0 Å². The third kappa shape index (κ3) is 16.7. The summed E-state index contributed by atoms with van der Waals surface area (Å²) in [6.07, 6.45) is 28.9. The van der Waals surface area contributed by atoms with Gasteiger partial charge in [-0.05, 0) is 25.8 Å². The van der Waals surface area contributed by atoms with Crippen LogP contribution in [0, 0.1) is 0 Å². The van der Waals surface area contributed by atoms with Crippen LogP contribution in [0.4, 0.5) is 0 Å². The van der Waals surface area contributed by atoms with Crippen LogP contribution in [0.3, 0.4) is 0 Å². The Hall–Kier alpha value is -1.70. The molecule has 0 heterocycles. The van der Waals surface area contributed by atoms with Crippen molar-refractivity contribution in [2.75, 3.05) is 6.61 Å². The van der Waals surface area contributed by atoms with Crippen LogP contribution in [-0.2, 0) is 4.74 Å². The molecule has 0 aliphatic heterocycles. The lowest BCUT2D eigenvalue weighted by Gasteiger charge is -1.99. The Labute approximate surface area is 149 Å². The van der Waals surface area contributed by atoms with Gasteiger partial charge in [0.15, 0.2) is 5.76 Å². The van der Waals surface area contributed by atoms with Gasteiger partial charge in [-0.25, -0.2) is 0 Å². The van der Waals surface area contributed by atoms with Crippen LogP contribution in [0.2, 0.25) is 0 Å². The summed E-state index contributed by atoms with van der Waals surface area (Å²) in [5.74, 6) is 0.469. The number of aliphatic hydroxyl groups is 1. The van der Waals surface area contributed by atoms with Crippen LogP contribution in [0.5, 0.6) is 0 Å². The van der Waals surface area contributed by atoms with E-state index in [0.29, 0.717) is 12.4 Å². The van der Waals surface area contributed by atoms with Gasteiger partial charge in [0.05, 0.1) is 6.61 Å². The normalized spacial score (nSPS) is 13.2. The third-order valence-corrected chi connectivity index (χ3v) is 3.61. The Bertz CT molecular complexity index is 400. The van der Waals surface area contributed by atoms with Crippen molar-refractivity contribution in [2.24, 2.45) is 0 Å². The van der Waals surface area contributed by atoms with E-state index in [1.54, 1.807) is 6.08 Å². The van der Waals surface area contributed by atoms with Gasteiger partial charge in [0, 0.05) is 0 Å². The first kappa shape index (κ1) is 22.3. The molecule has 2 nitrogen and oxygen atoms in total. The molecule has 0 saturated carbocycles. The fraction of sp³-hybridized carbons (Fsp3) is 0.545. The molecule has 0 rings (SSSR count). The van der Waals surface area contributed by atoms with E-state index in [1.165, 1.54) is 57.8 Å². The molecule has 0 aliphatic carbocycles. The predicted molar refractivity (Wildman–Crippen MR) is 106 cm³/mol. The van der Waals surface area contributed by atoms with Gasteiger partial charge >= 0.3 is 0 Å². The van der Waals surface area contributed by atoms with Crippen molar-refractivity contribution in [3.05, 3.63) is 60.6 Å². The standard InChI is InChI=1S/C22H36O2/c1-3-5-6-7-8-9-10-11-12-13-14-15-16-17-18-19-20-22(21-23)24-4-2/h13-21,23H,3-12H2,1-2H3/b14-13+,16-15+,18-17+,20-19+,22-21+. The van der Waals surface area contributed by atoms with Gasteiger partial charge in [-0.2, -0.15) is 0 Å². The molecule has 136 valence electrons. The van der Waals surface area contributed by atoms with E-state index in [0.717, 1.165) is 6.26 Å². The van der Waals surface area contributed by atoms with Gasteiger partial charge < -0.3 is 9.84 Å². The molecular formula is C22H36O2. The topological polar surface area (TPSA) is 29.5 Å². The highest BCUT2D eigenvalue weighted by molar-refractivity contribution is 5.19. The minimum absolute atomic E-state index is 0.469. The molecule has 0 aromatic heterocycles. The second-order valence-electron chi connectivity index (χ2n) is 5.79. The Morgan fingerprint density at radius 1 is 0.750 bits per heavy atom. The van der Waals surface area contributed by atoms with Crippen LogP contribution in [-0.4, -0.2) is 11.7 Å². The quantitative estimate of drug-likeness (QED) is 0.195. The number of aliphatic hydroxyl groups excluding tert-OH is 1. The van der Waals surface area contributed by atoms with Crippen LogP contribution >= 0.6 is 0 Å². The molecule has 0 bridgehead atoms. The van der Waals surface area contributed by atoms with Crippen molar-refractivity contribution in [1.29, 1.82) is 0 Å². The molecule has 0 aromatic rings. The molecular weight excluding hydrogens is 296 g/mol. The molecule has 1 N–H and O–H groups in total. The van der Waals surface area contributed by atoms with Crippen molar-refractivity contribution < 1.29 is 9.84 Å². The monoisotopic (exact) mass is 332 g/mol. The average molecular weight is 333 g/mol. The third-order valence-electron chi connectivity index (χ3n) is 3.61. The van der Waals surface area contributed by atoms with Crippen LogP contribution in [0.15, 0.2) is 60.6 Å². The predicted octanol–water partition coefficient (Wildman–Crippen LogP) is 7.18. The van der Waals surface area contributed by atoms with Crippen molar-refractivity contribution in [3.63, 3.8) is 0 Å². The summed E-state index contributed by atoms with van der Waals surface area (Å²) in [5, 5.41) is 8.90. The SMILES string of the molecule is CCCCCCCCCC/C=C/C=C/C=C/C=C/C(=C\O)OCC. The van der Waals surface area contributed by atoms with Crippen LogP contribution in [0.1, 0.15) is 71.6 Å². The first-order chi connectivity index (χ1) is 11.8. The highest BCUT2D eigenvalue weighted by Gasteiger charge is 1.90. The van der Waals surface area contributed by atoms with E-state index >= 15 is 0 Å². The molecule has 0 saturated heterocycles. The smallest absolute Gasteiger partial charge is 0.153 e. The van der Waals surface area contributed by atoms with Crippen LogP contribution < -0.4 is 0 Å². The molecule has 0 unspecified atom stereocenters. The summed E-state index contributed by atoms with van der Waals surface area (Å²) in [7, 11) is 0. The van der Waals surface area contributed by atoms with E-state index in [9.17, 15) is 0 Å². The largest absolute Gasteiger partial charge is 0.512 e. The molecule has 0 aliphatic rings. The fourth-order valence-electron chi connectivity index (χ4n) is 2.27. The van der Waals surface area contributed by atoms with Gasteiger partial charge in [0.2, 0.25) is 0 Å². The van der Waals surface area contributed by atoms with E-state index in [4.69, 9.17) is 9.84 Å². The molecule has 0 spiro atoms. The molecule has 2 heteroatoms. The molecule has 0 radical (unpaired) electrons. The zero-order valence-corrected chi connectivity index (χ0v) is 15.6. The van der Waals surface area contributed by atoms with E-state index in [2.05, 4.69) is 19.1 Å². The lowest BCUT2D eigenvalue weighted by molar-refractivity contribution is 0.229. The molecule has 24 heavy (non-hydrogen) atoms. The summed E-state index contributed by atoms with van der Waals surface area (Å²) < 4.78 is 5.18. The zero-order chi connectivity index (χ0) is 17.7. The second-order valence-corrected chi connectivity index (χ2v) is 5.79. The van der Waals surface area contributed by atoms with E-state index in [-0.39, 0.29) is 0 Å². The number of hydrogen-bond acceptors (Lipinski definition) is 2. The fourth-order valence-corrected chi connectivity index (χ4v) is 2.27. The number of ether oxygens (including phenoxy) is 1. The van der Waals surface area contributed by atoms with Gasteiger partial charge in [0.1, 0.15) is 6.26 Å². The van der Waals surface area contributed by atoms with E-state index in [1.807, 2.05) is 37.3 Å². The Kier molecular flexibility index (Phi) is 18.0. The maximum atomic E-state index is 8.90. The minimum Gasteiger partial charge on any atom is -0.512 e. The van der Waals surface area contributed by atoms with Crippen molar-refractivity contribution in [1.82, 2.24) is 0 Å². The number of unbranched alkanes of at least 4 members (excludes halogenated alkanes) is 8. The highest BCUT2D eigenvalue weighted by Crippen LogP contribution is 2.09. The van der Waals surface area contributed by atoms with Gasteiger partial charge in [-0.1, -0.05) is 94.4 Å². The Morgan fingerprint density at radius 2 is 1.33 bits per heavy atom. The lowest BCUT2D eigenvalue weighted by atomic mass is 10.1. The Morgan fingerprint density at radius 3 is 1.96 bits per heavy atom. The van der Waals surface area contributed by atoms with E-state index < -0.39 is 0 Å². The molecule has 0 fully saturated rings. The van der Waals surface area contributed by atoms with Crippen molar-refractivity contribution in [3.8, 4) is 0 Å². The van der Waals surface area contributed by atoms with Gasteiger partial charge in [0.25, 0.3) is 0 Å². The van der Waals surface area contributed by atoms with Crippen molar-refractivity contribution >= 4 is 0 Å². The first-order valence-corrected chi connectivity index (χ1v) is 9.48. The highest BCUT2D eigenvalue weighted by atomic mass is 16.5. The summed E-state index contributed by atoms with van der Waals surface area (Å²) in [4.78, 5) is 0. The number of hydrogen-bond donors (Lipinski definition) is 1. The summed E-state index contributed by atoms with van der Waals surface area (Å²) >= 11 is 0. The lowest BCUT2D eigenvalue weighted by Crippen LogP contribution is -1.87. The number of allylic oxidation sites excluding steroid dienone is 8. The average Bonchev–Trinajstić information content (AvgIpc) is 2.60. The second kappa shape index (κ2) is 19.3. The summed E-state index contributed by atoms with van der Waals surface area (Å²) in [5.41, 5.74) is 0. The summed E-state index contributed by atoms with van der Waals surface area (Å²) in [6, 6.07) is 0. The maximum Gasteiger partial charge on any atom is 0.153 e. The maximum absolute atomic E-state index is 8.90. The Balaban J connectivity index is 3.57. The van der Waals surface area contributed by atoms with Gasteiger partial charge in [-0.15, -0.1) is 0 Å². The minimum atomic E-state index is 0.469. The molecule has 0 aromatic carbocycles. The zero-order valence-electron chi connectivity index (χ0n) is 15.6. The molecule has 0 amide bonds. The van der Waals surface area contributed by atoms with Crippen molar-refractivity contribution in [2.45, 2.75) is 71.6 Å². The van der Waals surface area contributed by atoms with Crippen LogP contribution in [0.25, 0.3) is 0 Å². The first-order valence-electron chi connectivity index (χ1n) is 9.48. The molecule has 0 atom stereocenters. The summed E-state index contributed by atoms with van der Waals surface area (Å²) in [6.45, 7) is 4.69. The number of rotatable bonds is 15.